The summed E-state index contributed by atoms with van der Waals surface area (Å²) in [5.74, 6) is 0.948. The van der Waals surface area contributed by atoms with Crippen molar-refractivity contribution in [2.45, 2.75) is 26.3 Å². The van der Waals surface area contributed by atoms with Gasteiger partial charge in [0, 0.05) is 6.07 Å². The minimum absolute atomic E-state index is 0.0179. The van der Waals surface area contributed by atoms with Crippen molar-refractivity contribution in [1.29, 1.82) is 0 Å². The molecule has 0 fully saturated rings. The van der Waals surface area contributed by atoms with Gasteiger partial charge < -0.3 is 20.1 Å². The fourth-order valence-electron chi connectivity index (χ4n) is 2.83. The molecule has 3 rings (SSSR count). The second-order valence-corrected chi connectivity index (χ2v) is 6.34. The molecule has 0 unspecified atom stereocenters. The normalized spacial score (nSPS) is 11.1. The number of hydrogen-bond acceptors (Lipinski definition) is 6. The van der Waals surface area contributed by atoms with Crippen LogP contribution in [0.15, 0.2) is 36.4 Å². The molecule has 0 atom stereocenters. The van der Waals surface area contributed by atoms with Crippen molar-refractivity contribution < 1.29 is 20.1 Å². The predicted octanol–water partition coefficient (Wildman–Crippen LogP) is 3.24. The monoisotopic (exact) mass is 355 g/mol. The molecule has 0 aliphatic heterocycles. The van der Waals surface area contributed by atoms with Crippen molar-refractivity contribution in [2.24, 2.45) is 0 Å². The van der Waals surface area contributed by atoms with Crippen LogP contribution in [0.2, 0.25) is 0 Å². The van der Waals surface area contributed by atoms with E-state index in [9.17, 15) is 15.3 Å². The predicted molar refractivity (Wildman–Crippen MR) is 96.6 cm³/mol. The minimum Gasteiger partial charge on any atom is -0.508 e. The summed E-state index contributed by atoms with van der Waals surface area (Å²) in [5, 5.41) is 38.2. The van der Waals surface area contributed by atoms with Gasteiger partial charge in [-0.05, 0) is 35.2 Å². The highest BCUT2D eigenvalue weighted by Gasteiger charge is 2.20. The maximum atomic E-state index is 10.3. The van der Waals surface area contributed by atoms with Crippen LogP contribution in [0.4, 0.5) is 0 Å². The molecule has 1 aromatic heterocycles. The Labute approximate surface area is 151 Å². The Morgan fingerprint density at radius 2 is 1.81 bits per heavy atom. The van der Waals surface area contributed by atoms with Gasteiger partial charge in [-0.25, -0.2) is 0 Å². The second-order valence-electron chi connectivity index (χ2n) is 6.34. The lowest BCUT2D eigenvalue weighted by molar-refractivity contribution is 0.402. The lowest BCUT2D eigenvalue weighted by Crippen LogP contribution is -2.03. The molecule has 3 aromatic rings. The molecule has 3 N–H and O–H groups in total. The standard InChI is InChI=1S/C19H21N3O4/c1-11(2)14-8-15(17(24)9-16(14)23)18-20-21-19(25)22(18)10-12-5-4-6-13(7-12)26-3/h4-9,11,23-24H,10H2,1-3H3,(H,21,25). The van der Waals surface area contributed by atoms with Crippen molar-refractivity contribution in [3.8, 4) is 34.6 Å². The highest BCUT2D eigenvalue weighted by Crippen LogP contribution is 2.38. The Morgan fingerprint density at radius 1 is 1.04 bits per heavy atom. The van der Waals surface area contributed by atoms with Crippen LogP contribution < -0.4 is 4.74 Å². The fraction of sp³-hybridized carbons (Fsp3) is 0.263. The molecule has 0 aliphatic rings. The van der Waals surface area contributed by atoms with Crippen LogP contribution >= 0.6 is 0 Å². The average Bonchev–Trinajstić information content (AvgIpc) is 2.95. The number of aromatic nitrogens is 3. The van der Waals surface area contributed by atoms with E-state index < -0.39 is 0 Å². The largest absolute Gasteiger partial charge is 0.508 e. The Morgan fingerprint density at radius 3 is 2.50 bits per heavy atom. The van der Waals surface area contributed by atoms with E-state index in [0.717, 1.165) is 5.56 Å². The molecule has 26 heavy (non-hydrogen) atoms. The van der Waals surface area contributed by atoms with E-state index in [-0.39, 0.29) is 23.4 Å². The molecule has 0 amide bonds. The molecule has 0 bridgehead atoms. The lowest BCUT2D eigenvalue weighted by Gasteiger charge is -2.14. The van der Waals surface area contributed by atoms with Gasteiger partial charge in [0.05, 0.1) is 19.2 Å². The van der Waals surface area contributed by atoms with Crippen molar-refractivity contribution >= 4 is 0 Å². The summed E-state index contributed by atoms with van der Waals surface area (Å²) < 4.78 is 6.71. The number of nitrogens with zero attached hydrogens (tertiary/aromatic N) is 3. The maximum absolute atomic E-state index is 10.3. The smallest absolute Gasteiger partial charge is 0.315 e. The van der Waals surface area contributed by atoms with Crippen LogP contribution in [0, 0.1) is 0 Å². The maximum Gasteiger partial charge on any atom is 0.315 e. The van der Waals surface area contributed by atoms with Crippen LogP contribution in [0.3, 0.4) is 0 Å². The summed E-state index contributed by atoms with van der Waals surface area (Å²) in [6.07, 6.45) is 0. The average molecular weight is 355 g/mol. The quantitative estimate of drug-likeness (QED) is 0.649. The zero-order chi connectivity index (χ0) is 18.8. The Bertz CT molecular complexity index is 935. The van der Waals surface area contributed by atoms with Gasteiger partial charge in [-0.1, -0.05) is 31.1 Å². The van der Waals surface area contributed by atoms with E-state index in [1.165, 1.54) is 10.6 Å². The van der Waals surface area contributed by atoms with Gasteiger partial charge in [-0.15, -0.1) is 5.10 Å². The van der Waals surface area contributed by atoms with Crippen LogP contribution in [-0.2, 0) is 6.54 Å². The zero-order valence-electron chi connectivity index (χ0n) is 14.8. The van der Waals surface area contributed by atoms with Crippen LogP contribution in [0.25, 0.3) is 11.4 Å². The van der Waals surface area contributed by atoms with Gasteiger partial charge >= 0.3 is 6.01 Å². The number of phenols is 2. The molecule has 0 saturated carbocycles. The highest BCUT2D eigenvalue weighted by atomic mass is 16.5. The lowest BCUT2D eigenvalue weighted by atomic mass is 9.98. The Kier molecular flexibility index (Phi) is 4.71. The van der Waals surface area contributed by atoms with Crippen molar-refractivity contribution in [1.82, 2.24) is 14.8 Å². The number of hydrogen-bond donors (Lipinski definition) is 3. The number of ether oxygens (including phenoxy) is 1. The van der Waals surface area contributed by atoms with Gasteiger partial charge in [-0.3, -0.25) is 4.57 Å². The van der Waals surface area contributed by atoms with Crippen molar-refractivity contribution in [2.75, 3.05) is 7.11 Å². The summed E-state index contributed by atoms with van der Waals surface area (Å²) in [7, 11) is 1.59. The zero-order valence-corrected chi connectivity index (χ0v) is 14.8. The number of aromatic hydroxyl groups is 3. The summed E-state index contributed by atoms with van der Waals surface area (Å²) in [4.78, 5) is 0. The van der Waals surface area contributed by atoms with E-state index in [2.05, 4.69) is 10.2 Å². The fourth-order valence-corrected chi connectivity index (χ4v) is 2.83. The molecule has 1 heterocycles. The Balaban J connectivity index is 2.07. The molecule has 0 aliphatic carbocycles. The van der Waals surface area contributed by atoms with Crippen molar-refractivity contribution in [3.63, 3.8) is 0 Å². The minimum atomic E-state index is -0.263. The third-order valence-electron chi connectivity index (χ3n) is 4.21. The first kappa shape index (κ1) is 17.6. The van der Waals surface area contributed by atoms with E-state index in [4.69, 9.17) is 4.74 Å². The summed E-state index contributed by atoms with van der Waals surface area (Å²) in [5.41, 5.74) is 1.94. The molecule has 136 valence electrons. The molecule has 0 radical (unpaired) electrons. The van der Waals surface area contributed by atoms with E-state index in [1.54, 1.807) is 13.2 Å². The van der Waals surface area contributed by atoms with Crippen LogP contribution in [0.1, 0.15) is 30.9 Å². The number of phenolic OH excluding ortho intramolecular Hbond substituents is 2. The topological polar surface area (TPSA) is 101 Å². The number of methoxy groups -OCH3 is 1. The van der Waals surface area contributed by atoms with Gasteiger partial charge in [0.1, 0.15) is 17.2 Å². The van der Waals surface area contributed by atoms with Gasteiger partial charge in [0.25, 0.3) is 0 Å². The molecule has 7 nitrogen and oxygen atoms in total. The second kappa shape index (κ2) is 6.95. The van der Waals surface area contributed by atoms with Gasteiger partial charge in [0.2, 0.25) is 0 Å². The summed E-state index contributed by atoms with van der Waals surface area (Å²) in [6, 6.07) is 10.1. The highest BCUT2D eigenvalue weighted by molar-refractivity contribution is 5.68. The van der Waals surface area contributed by atoms with E-state index >= 15 is 0 Å². The molecular formula is C19H21N3O4. The number of benzene rings is 2. The third kappa shape index (κ3) is 3.28. The summed E-state index contributed by atoms with van der Waals surface area (Å²) in [6.45, 7) is 4.17. The first-order valence-electron chi connectivity index (χ1n) is 8.22. The molecule has 0 spiro atoms. The first-order valence-corrected chi connectivity index (χ1v) is 8.22. The molecule has 2 aromatic carbocycles. The van der Waals surface area contributed by atoms with Crippen molar-refractivity contribution in [3.05, 3.63) is 47.5 Å². The van der Waals surface area contributed by atoms with Crippen LogP contribution in [0.5, 0.6) is 23.3 Å². The molecule has 7 heteroatoms. The van der Waals surface area contributed by atoms with E-state index in [1.807, 2.05) is 38.1 Å². The Hall–Kier alpha value is -3.22. The SMILES string of the molecule is COc1cccc(Cn2c(O)nnc2-c2cc(C(C)C)c(O)cc2O)c1. The van der Waals surface area contributed by atoms with Gasteiger partial charge in [-0.2, -0.15) is 0 Å². The third-order valence-corrected chi connectivity index (χ3v) is 4.21. The van der Waals surface area contributed by atoms with Crippen LogP contribution in [-0.4, -0.2) is 37.2 Å². The number of rotatable bonds is 5. The molecular weight excluding hydrogens is 334 g/mol. The summed E-state index contributed by atoms with van der Waals surface area (Å²) >= 11 is 0. The van der Waals surface area contributed by atoms with E-state index in [0.29, 0.717) is 29.2 Å². The first-order chi connectivity index (χ1) is 12.4. The van der Waals surface area contributed by atoms with Gasteiger partial charge in [0.15, 0.2) is 5.82 Å². The molecule has 0 saturated heterocycles.